The molecule has 0 spiro atoms. The summed E-state index contributed by atoms with van der Waals surface area (Å²) in [4.78, 5) is 21.2. The number of thiazole rings is 1. The van der Waals surface area contributed by atoms with Crippen molar-refractivity contribution >= 4 is 47.2 Å². The van der Waals surface area contributed by atoms with Gasteiger partial charge >= 0.3 is 0 Å². The lowest BCUT2D eigenvalue weighted by atomic mass is 10.1. The summed E-state index contributed by atoms with van der Waals surface area (Å²) in [5.41, 5.74) is 2.86. The minimum absolute atomic E-state index is 0. The zero-order chi connectivity index (χ0) is 20.2. The Morgan fingerprint density at radius 2 is 1.86 bits per heavy atom. The molecule has 2 aromatic rings. The number of amides is 1. The first kappa shape index (κ1) is 25.4. The zero-order valence-electron chi connectivity index (χ0n) is 17.5. The van der Waals surface area contributed by atoms with Crippen LogP contribution in [0, 0.1) is 6.92 Å². The van der Waals surface area contributed by atoms with E-state index < -0.39 is 0 Å². The van der Waals surface area contributed by atoms with Gasteiger partial charge < -0.3 is 16.0 Å². The van der Waals surface area contributed by atoms with Crippen molar-refractivity contribution in [2.75, 3.05) is 19.6 Å². The van der Waals surface area contributed by atoms with Crippen LogP contribution in [-0.4, -0.2) is 36.5 Å². The molecule has 0 atom stereocenters. The highest BCUT2D eigenvalue weighted by molar-refractivity contribution is 14.0. The van der Waals surface area contributed by atoms with Crippen molar-refractivity contribution in [1.82, 2.24) is 20.9 Å². The first-order valence-corrected chi connectivity index (χ1v) is 10.8. The Labute approximate surface area is 195 Å². The van der Waals surface area contributed by atoms with Crippen molar-refractivity contribution < 1.29 is 4.79 Å². The third-order valence-electron chi connectivity index (χ3n) is 4.14. The van der Waals surface area contributed by atoms with Crippen LogP contribution in [0.1, 0.15) is 53.3 Å². The molecule has 0 radical (unpaired) electrons. The van der Waals surface area contributed by atoms with E-state index in [1.165, 1.54) is 0 Å². The van der Waals surface area contributed by atoms with Gasteiger partial charge in [0.05, 0.1) is 17.2 Å². The van der Waals surface area contributed by atoms with Crippen LogP contribution < -0.4 is 16.0 Å². The molecular weight excluding hydrogens is 497 g/mol. The fraction of sp³-hybridized carbons (Fsp3) is 0.476. The monoisotopic (exact) mass is 529 g/mol. The van der Waals surface area contributed by atoms with Crippen molar-refractivity contribution in [2.24, 2.45) is 4.99 Å². The Bertz CT molecular complexity index is 761. The predicted molar refractivity (Wildman–Crippen MR) is 132 cm³/mol. The van der Waals surface area contributed by atoms with Crippen LogP contribution in [0.5, 0.6) is 0 Å². The third-order valence-corrected chi connectivity index (χ3v) is 4.96. The maximum absolute atomic E-state index is 12.1. The van der Waals surface area contributed by atoms with Crippen molar-refractivity contribution in [3.63, 3.8) is 0 Å². The number of benzene rings is 1. The highest BCUT2D eigenvalue weighted by Gasteiger charge is 2.05. The summed E-state index contributed by atoms with van der Waals surface area (Å²) < 4.78 is 0. The fourth-order valence-corrected chi connectivity index (χ4v) is 3.23. The Balaban J connectivity index is 0.00000420. The van der Waals surface area contributed by atoms with Crippen molar-refractivity contribution in [3.05, 3.63) is 51.5 Å². The molecule has 0 aliphatic carbocycles. The molecule has 0 aliphatic rings. The summed E-state index contributed by atoms with van der Waals surface area (Å²) in [6.07, 6.45) is 2.94. The zero-order valence-corrected chi connectivity index (χ0v) is 20.6. The molecule has 0 saturated heterocycles. The van der Waals surface area contributed by atoms with Gasteiger partial charge in [0.25, 0.3) is 5.91 Å². The van der Waals surface area contributed by atoms with Gasteiger partial charge in [-0.05, 0) is 38.0 Å². The number of nitrogens with one attached hydrogen (secondary N) is 3. The Kier molecular flexibility index (Phi) is 12.5. The second-order valence-corrected chi connectivity index (χ2v) is 7.60. The highest BCUT2D eigenvalue weighted by atomic mass is 127. The molecule has 0 bridgehead atoms. The van der Waals surface area contributed by atoms with E-state index in [0.717, 1.165) is 61.1 Å². The quantitative estimate of drug-likeness (QED) is 0.189. The number of aromatic nitrogens is 1. The maximum atomic E-state index is 12.1. The van der Waals surface area contributed by atoms with Crippen molar-refractivity contribution in [1.29, 1.82) is 0 Å². The molecule has 6 nitrogen and oxygen atoms in total. The summed E-state index contributed by atoms with van der Waals surface area (Å²) in [6, 6.07) is 7.63. The van der Waals surface area contributed by atoms with Gasteiger partial charge in [0.2, 0.25) is 0 Å². The van der Waals surface area contributed by atoms with Gasteiger partial charge in [-0.25, -0.2) is 9.98 Å². The van der Waals surface area contributed by atoms with Crippen LogP contribution in [0.4, 0.5) is 0 Å². The summed E-state index contributed by atoms with van der Waals surface area (Å²) >= 11 is 1.68. The van der Waals surface area contributed by atoms with Crippen molar-refractivity contribution in [3.8, 4) is 0 Å². The van der Waals surface area contributed by atoms with Gasteiger partial charge in [-0.15, -0.1) is 35.3 Å². The molecule has 3 N–H and O–H groups in total. The van der Waals surface area contributed by atoms with Crippen LogP contribution in [0.3, 0.4) is 0 Å². The number of carbonyl (C=O) groups excluding carboxylic acids is 1. The number of aliphatic imine (C=N–C) groups is 1. The highest BCUT2D eigenvalue weighted by Crippen LogP contribution is 2.08. The smallest absolute Gasteiger partial charge is 0.251 e. The van der Waals surface area contributed by atoms with Crippen LogP contribution in [0.25, 0.3) is 0 Å². The average molecular weight is 529 g/mol. The lowest BCUT2D eigenvalue weighted by Crippen LogP contribution is -2.38. The summed E-state index contributed by atoms with van der Waals surface area (Å²) in [5.74, 6) is 0.770. The Hall–Kier alpha value is -1.68. The van der Waals surface area contributed by atoms with E-state index in [1.54, 1.807) is 11.3 Å². The second kappa shape index (κ2) is 14.3. The standard InChI is InChI=1S/C21H31N5OS.HI/c1-4-6-12-23-20(27)18-9-7-17(8-10-18)14-25-21(22-5-2)24-13-11-19-15-28-16(3)26-19;/h7-10,15H,4-6,11-14H2,1-3H3,(H,23,27)(H2,22,24,25);1H. The topological polar surface area (TPSA) is 78.4 Å². The third kappa shape index (κ3) is 9.58. The van der Waals surface area contributed by atoms with E-state index >= 15 is 0 Å². The van der Waals surface area contributed by atoms with Gasteiger partial charge in [0, 0.05) is 37.0 Å². The van der Waals surface area contributed by atoms with Gasteiger partial charge in [0.15, 0.2) is 5.96 Å². The van der Waals surface area contributed by atoms with E-state index in [9.17, 15) is 4.79 Å². The number of guanidine groups is 1. The van der Waals surface area contributed by atoms with Crippen LogP contribution in [0.15, 0.2) is 34.6 Å². The van der Waals surface area contributed by atoms with E-state index in [1.807, 2.05) is 38.1 Å². The van der Waals surface area contributed by atoms with E-state index in [0.29, 0.717) is 12.1 Å². The Morgan fingerprint density at radius 1 is 1.10 bits per heavy atom. The molecule has 8 heteroatoms. The number of aryl methyl sites for hydroxylation is 1. The molecule has 160 valence electrons. The van der Waals surface area contributed by atoms with Gasteiger partial charge in [-0.1, -0.05) is 25.5 Å². The molecule has 1 heterocycles. The number of nitrogens with zero attached hydrogens (tertiary/aromatic N) is 2. The summed E-state index contributed by atoms with van der Waals surface area (Å²) in [5, 5.41) is 12.7. The first-order chi connectivity index (χ1) is 13.6. The first-order valence-electron chi connectivity index (χ1n) is 9.92. The van der Waals surface area contributed by atoms with Gasteiger partial charge in [0.1, 0.15) is 0 Å². The lowest BCUT2D eigenvalue weighted by molar-refractivity contribution is 0.0953. The normalized spacial score (nSPS) is 10.9. The molecule has 0 unspecified atom stereocenters. The minimum atomic E-state index is -0.0178. The van der Waals surface area contributed by atoms with Gasteiger partial charge in [-0.3, -0.25) is 4.79 Å². The molecule has 0 fully saturated rings. The van der Waals surface area contributed by atoms with Crippen LogP contribution in [-0.2, 0) is 13.0 Å². The number of halogens is 1. The maximum Gasteiger partial charge on any atom is 0.251 e. The SMILES string of the molecule is CCCCNC(=O)c1ccc(CN=C(NCC)NCCc2csc(C)n2)cc1.I. The van der Waals surface area contributed by atoms with Crippen LogP contribution >= 0.6 is 35.3 Å². The number of hydrogen-bond acceptors (Lipinski definition) is 4. The summed E-state index contributed by atoms with van der Waals surface area (Å²) in [7, 11) is 0. The molecule has 0 saturated carbocycles. The number of unbranched alkanes of at least 4 members (excludes halogenated alkanes) is 1. The van der Waals surface area contributed by atoms with Crippen molar-refractivity contribution in [2.45, 2.75) is 46.6 Å². The molecule has 1 aromatic carbocycles. The van der Waals surface area contributed by atoms with Gasteiger partial charge in [-0.2, -0.15) is 0 Å². The Morgan fingerprint density at radius 3 is 2.48 bits per heavy atom. The number of carbonyl (C=O) groups is 1. The predicted octanol–water partition coefficient (Wildman–Crippen LogP) is 3.90. The summed E-state index contributed by atoms with van der Waals surface area (Å²) in [6.45, 7) is 9.05. The van der Waals surface area contributed by atoms with E-state index in [2.05, 4.69) is 38.2 Å². The molecule has 0 aliphatic heterocycles. The number of rotatable bonds is 10. The molecular formula is C21H32IN5OS. The molecule has 1 amide bonds. The molecule has 1 aromatic heterocycles. The van der Waals surface area contributed by atoms with E-state index in [-0.39, 0.29) is 29.9 Å². The molecule has 29 heavy (non-hydrogen) atoms. The minimum Gasteiger partial charge on any atom is -0.357 e. The molecule has 2 rings (SSSR count). The largest absolute Gasteiger partial charge is 0.357 e. The number of hydrogen-bond donors (Lipinski definition) is 3. The lowest BCUT2D eigenvalue weighted by Gasteiger charge is -2.11. The second-order valence-electron chi connectivity index (χ2n) is 6.54. The average Bonchev–Trinajstić information content (AvgIpc) is 3.11. The van der Waals surface area contributed by atoms with Crippen LogP contribution in [0.2, 0.25) is 0 Å². The fourth-order valence-electron chi connectivity index (χ4n) is 2.59. The van der Waals surface area contributed by atoms with E-state index in [4.69, 9.17) is 0 Å².